The standard InChI is InChI=1S/C5H9NO2.C4H11N/c7-5(8)4-2-1-3-6-4;1-4(2,3)5/h4,6H,1-3H2,(H,7,8);5H2,1-3H3. The van der Waals surface area contributed by atoms with E-state index < -0.39 is 5.97 Å². The van der Waals surface area contributed by atoms with Crippen molar-refractivity contribution in [2.75, 3.05) is 6.54 Å². The molecule has 0 bridgehead atoms. The third-order valence-electron chi connectivity index (χ3n) is 1.36. The Bertz CT molecular complexity index is 151. The van der Waals surface area contributed by atoms with Crippen LogP contribution in [0.4, 0.5) is 0 Å². The number of carbonyl (C=O) groups is 1. The molecule has 0 aromatic heterocycles. The molecular weight excluding hydrogens is 168 g/mol. The number of nitrogens with one attached hydrogen (secondary N) is 1. The molecule has 1 heterocycles. The van der Waals surface area contributed by atoms with Crippen molar-refractivity contribution in [3.05, 3.63) is 0 Å². The van der Waals surface area contributed by atoms with Gasteiger partial charge >= 0.3 is 5.97 Å². The third-order valence-corrected chi connectivity index (χ3v) is 1.36. The lowest BCUT2D eigenvalue weighted by Gasteiger charge is -2.06. The highest BCUT2D eigenvalue weighted by atomic mass is 16.4. The maximum atomic E-state index is 10.1. The Balaban J connectivity index is 0.000000252. The number of aliphatic carboxylic acids is 1. The summed E-state index contributed by atoms with van der Waals surface area (Å²) in [5.74, 6) is -0.720. The van der Waals surface area contributed by atoms with Crippen molar-refractivity contribution in [2.45, 2.75) is 45.2 Å². The highest BCUT2D eigenvalue weighted by Crippen LogP contribution is 2.03. The molecule has 1 unspecified atom stereocenters. The molecule has 0 radical (unpaired) electrons. The van der Waals surface area contributed by atoms with E-state index in [0.717, 1.165) is 19.4 Å². The van der Waals surface area contributed by atoms with Crippen molar-refractivity contribution >= 4 is 5.97 Å². The Hall–Kier alpha value is -0.610. The predicted molar refractivity (Wildman–Crippen MR) is 52.6 cm³/mol. The first-order valence-electron chi connectivity index (χ1n) is 4.56. The van der Waals surface area contributed by atoms with E-state index in [9.17, 15) is 4.79 Å². The zero-order chi connectivity index (χ0) is 10.5. The number of nitrogens with two attached hydrogens (primary N) is 1. The lowest BCUT2D eigenvalue weighted by atomic mass is 10.1. The summed E-state index contributed by atoms with van der Waals surface area (Å²) < 4.78 is 0. The minimum atomic E-state index is -0.720. The highest BCUT2D eigenvalue weighted by molar-refractivity contribution is 5.73. The molecule has 0 amide bonds. The van der Waals surface area contributed by atoms with Crippen LogP contribution in [0.25, 0.3) is 0 Å². The number of rotatable bonds is 1. The van der Waals surface area contributed by atoms with Crippen LogP contribution in [-0.2, 0) is 4.79 Å². The fraction of sp³-hybridized carbons (Fsp3) is 0.889. The van der Waals surface area contributed by atoms with E-state index in [0.29, 0.717) is 0 Å². The quantitative estimate of drug-likeness (QED) is 0.562. The molecule has 4 N–H and O–H groups in total. The Morgan fingerprint density at radius 2 is 2.00 bits per heavy atom. The molecule has 0 saturated carbocycles. The Morgan fingerprint density at radius 1 is 1.54 bits per heavy atom. The maximum absolute atomic E-state index is 10.1. The minimum absolute atomic E-state index is 0. The molecule has 0 aromatic rings. The Kier molecular flexibility index (Phi) is 4.95. The van der Waals surface area contributed by atoms with Crippen molar-refractivity contribution in [3.8, 4) is 0 Å². The first kappa shape index (κ1) is 12.4. The lowest BCUT2D eigenvalue weighted by molar-refractivity contribution is -0.139. The average molecular weight is 188 g/mol. The molecule has 4 heteroatoms. The summed E-state index contributed by atoms with van der Waals surface area (Å²) in [6, 6.07) is -0.269. The predicted octanol–water partition coefficient (Wildman–Crippen LogP) is 0.567. The third kappa shape index (κ3) is 9.30. The summed E-state index contributed by atoms with van der Waals surface area (Å²) in [7, 11) is 0. The second-order valence-corrected chi connectivity index (χ2v) is 4.35. The maximum Gasteiger partial charge on any atom is 0.320 e. The van der Waals surface area contributed by atoms with Crippen LogP contribution in [-0.4, -0.2) is 29.2 Å². The molecule has 1 rings (SSSR count). The normalized spacial score (nSPS) is 22.0. The summed E-state index contributed by atoms with van der Waals surface area (Å²) in [5, 5.41) is 11.2. The molecule has 1 saturated heterocycles. The second-order valence-electron chi connectivity index (χ2n) is 4.35. The molecule has 1 aliphatic heterocycles. The number of carboxylic acid groups (broad SMARTS) is 1. The van der Waals surface area contributed by atoms with E-state index in [1.54, 1.807) is 0 Å². The van der Waals surface area contributed by atoms with Crippen molar-refractivity contribution in [1.82, 2.24) is 5.32 Å². The molecule has 1 fully saturated rings. The van der Waals surface area contributed by atoms with Gasteiger partial charge in [-0.2, -0.15) is 0 Å². The fourth-order valence-corrected chi connectivity index (χ4v) is 0.895. The van der Waals surface area contributed by atoms with E-state index in [-0.39, 0.29) is 11.6 Å². The van der Waals surface area contributed by atoms with Gasteiger partial charge in [0.2, 0.25) is 0 Å². The second kappa shape index (κ2) is 5.19. The van der Waals surface area contributed by atoms with Gasteiger partial charge in [-0.3, -0.25) is 4.79 Å². The first-order valence-corrected chi connectivity index (χ1v) is 4.56. The summed E-state index contributed by atoms with van der Waals surface area (Å²) in [5.41, 5.74) is 5.35. The van der Waals surface area contributed by atoms with Gasteiger partial charge in [0.1, 0.15) is 6.04 Å². The molecule has 0 aromatic carbocycles. The van der Waals surface area contributed by atoms with Crippen LogP contribution < -0.4 is 11.1 Å². The van der Waals surface area contributed by atoms with Crippen molar-refractivity contribution in [2.24, 2.45) is 5.73 Å². The van der Waals surface area contributed by atoms with E-state index in [1.165, 1.54) is 0 Å². The summed E-state index contributed by atoms with van der Waals surface area (Å²) in [4.78, 5) is 10.1. The molecule has 1 atom stereocenters. The number of hydrogen-bond acceptors (Lipinski definition) is 3. The SMILES string of the molecule is CC(C)(C)N.O=C(O)C1CCCN1. The highest BCUT2D eigenvalue weighted by Gasteiger charge is 2.20. The largest absolute Gasteiger partial charge is 0.480 e. The molecular formula is C9H20N2O2. The zero-order valence-corrected chi connectivity index (χ0v) is 8.63. The summed E-state index contributed by atoms with van der Waals surface area (Å²) >= 11 is 0. The Labute approximate surface area is 79.5 Å². The smallest absolute Gasteiger partial charge is 0.320 e. The van der Waals surface area contributed by atoms with Gasteiger partial charge in [0.05, 0.1) is 0 Å². The van der Waals surface area contributed by atoms with Crippen LogP contribution in [0.3, 0.4) is 0 Å². The van der Waals surface area contributed by atoms with E-state index >= 15 is 0 Å². The molecule has 4 nitrogen and oxygen atoms in total. The zero-order valence-electron chi connectivity index (χ0n) is 8.63. The van der Waals surface area contributed by atoms with Crippen molar-refractivity contribution in [1.29, 1.82) is 0 Å². The lowest BCUT2D eigenvalue weighted by Crippen LogP contribution is -2.29. The van der Waals surface area contributed by atoms with Gasteiger partial charge < -0.3 is 16.2 Å². The van der Waals surface area contributed by atoms with Crippen LogP contribution in [0.1, 0.15) is 33.6 Å². The average Bonchev–Trinajstić information content (AvgIpc) is 2.31. The summed E-state index contributed by atoms with van der Waals surface area (Å²) in [6.45, 7) is 6.75. The van der Waals surface area contributed by atoms with Crippen LogP contribution in [0.2, 0.25) is 0 Å². The van der Waals surface area contributed by atoms with E-state index in [2.05, 4.69) is 5.32 Å². The van der Waals surface area contributed by atoms with Crippen LogP contribution in [0.5, 0.6) is 0 Å². The van der Waals surface area contributed by atoms with Gasteiger partial charge in [-0.15, -0.1) is 0 Å². The molecule has 78 valence electrons. The Morgan fingerprint density at radius 3 is 2.15 bits per heavy atom. The van der Waals surface area contributed by atoms with E-state index in [1.807, 2.05) is 20.8 Å². The van der Waals surface area contributed by atoms with Gasteiger partial charge in [-0.25, -0.2) is 0 Å². The monoisotopic (exact) mass is 188 g/mol. The van der Waals surface area contributed by atoms with Crippen LogP contribution in [0, 0.1) is 0 Å². The number of hydrogen-bond donors (Lipinski definition) is 3. The van der Waals surface area contributed by atoms with Crippen molar-refractivity contribution in [3.63, 3.8) is 0 Å². The molecule has 1 aliphatic rings. The van der Waals surface area contributed by atoms with Crippen LogP contribution >= 0.6 is 0 Å². The van der Waals surface area contributed by atoms with Gasteiger partial charge in [0, 0.05) is 5.54 Å². The fourth-order valence-electron chi connectivity index (χ4n) is 0.895. The van der Waals surface area contributed by atoms with Crippen molar-refractivity contribution < 1.29 is 9.90 Å². The van der Waals surface area contributed by atoms with Gasteiger partial charge in [-0.05, 0) is 40.2 Å². The molecule has 0 spiro atoms. The molecule has 13 heavy (non-hydrogen) atoms. The number of carboxylic acids is 1. The van der Waals surface area contributed by atoms with Gasteiger partial charge in [0.15, 0.2) is 0 Å². The van der Waals surface area contributed by atoms with Gasteiger partial charge in [0.25, 0.3) is 0 Å². The topological polar surface area (TPSA) is 75.4 Å². The summed E-state index contributed by atoms with van der Waals surface area (Å²) in [6.07, 6.45) is 1.78. The van der Waals surface area contributed by atoms with Crippen LogP contribution in [0.15, 0.2) is 0 Å². The van der Waals surface area contributed by atoms with Gasteiger partial charge in [-0.1, -0.05) is 0 Å². The minimum Gasteiger partial charge on any atom is -0.480 e. The van der Waals surface area contributed by atoms with E-state index in [4.69, 9.17) is 10.8 Å². The first-order chi connectivity index (χ1) is 5.80. The molecule has 0 aliphatic carbocycles.